The van der Waals surface area contributed by atoms with Crippen LogP contribution in [-0.2, 0) is 6.54 Å². The van der Waals surface area contributed by atoms with Crippen LogP contribution in [0.4, 0.5) is 0 Å². The van der Waals surface area contributed by atoms with Crippen molar-refractivity contribution >= 4 is 35.8 Å². The molecule has 0 bridgehead atoms. The second-order valence-electron chi connectivity index (χ2n) is 6.31. The average Bonchev–Trinajstić information content (AvgIpc) is 2.79. The molecule has 0 spiro atoms. The van der Waals surface area contributed by atoms with Crippen LogP contribution in [0.1, 0.15) is 22.8 Å². The van der Waals surface area contributed by atoms with Crippen LogP contribution in [0, 0.1) is 0 Å². The first-order valence-corrected chi connectivity index (χ1v) is 9.94. The molecule has 7 nitrogen and oxygen atoms in total. The molecule has 8 heteroatoms. The first-order chi connectivity index (χ1) is 14.7. The Morgan fingerprint density at radius 1 is 1.06 bits per heavy atom. The van der Waals surface area contributed by atoms with Gasteiger partial charge in [0.05, 0.1) is 13.7 Å². The standard InChI is InChI=1S/C23H30N4O3.HI/c1-4-16-30-21-9-7-6-8-19(21)17-27-23(24-5-2)26-15-14-25-22(28)18-10-12-20(29-3)13-11-18;/h4,6-13H,1,5,14-17H2,2-3H3,(H,25,28)(H2,24,26,27);1H. The van der Waals surface area contributed by atoms with Gasteiger partial charge in [-0.2, -0.15) is 0 Å². The summed E-state index contributed by atoms with van der Waals surface area (Å²) in [7, 11) is 1.59. The number of aliphatic imine (C=N–C) groups is 1. The van der Waals surface area contributed by atoms with Crippen LogP contribution in [0.15, 0.2) is 66.2 Å². The molecule has 0 atom stereocenters. The minimum Gasteiger partial charge on any atom is -0.497 e. The van der Waals surface area contributed by atoms with Crippen molar-refractivity contribution < 1.29 is 14.3 Å². The number of carbonyl (C=O) groups is 1. The zero-order chi connectivity index (χ0) is 21.6. The number of rotatable bonds is 11. The maximum absolute atomic E-state index is 12.2. The van der Waals surface area contributed by atoms with Gasteiger partial charge in [0, 0.05) is 30.8 Å². The first kappa shape index (κ1) is 26.3. The molecule has 0 radical (unpaired) electrons. The number of hydrogen-bond acceptors (Lipinski definition) is 4. The van der Waals surface area contributed by atoms with E-state index in [0.717, 1.165) is 23.6 Å². The van der Waals surface area contributed by atoms with Crippen molar-refractivity contribution in [1.82, 2.24) is 16.0 Å². The fourth-order valence-corrected chi connectivity index (χ4v) is 2.63. The van der Waals surface area contributed by atoms with E-state index in [2.05, 4.69) is 27.5 Å². The Balaban J connectivity index is 0.00000480. The minimum absolute atomic E-state index is 0. The van der Waals surface area contributed by atoms with Crippen molar-refractivity contribution in [1.29, 1.82) is 0 Å². The van der Waals surface area contributed by atoms with Gasteiger partial charge in [0.2, 0.25) is 0 Å². The number of benzene rings is 2. The predicted octanol–water partition coefficient (Wildman–Crippen LogP) is 3.36. The van der Waals surface area contributed by atoms with E-state index >= 15 is 0 Å². The molecule has 168 valence electrons. The number of nitrogens with one attached hydrogen (secondary N) is 3. The zero-order valence-corrected chi connectivity index (χ0v) is 20.3. The topological polar surface area (TPSA) is 84.0 Å². The lowest BCUT2D eigenvalue weighted by Gasteiger charge is -2.13. The molecule has 0 saturated carbocycles. The van der Waals surface area contributed by atoms with Crippen LogP contribution in [0.25, 0.3) is 0 Å². The van der Waals surface area contributed by atoms with E-state index in [0.29, 0.717) is 37.8 Å². The molecule has 31 heavy (non-hydrogen) atoms. The van der Waals surface area contributed by atoms with Crippen LogP contribution in [-0.4, -0.2) is 45.2 Å². The fraction of sp³-hybridized carbons (Fsp3) is 0.304. The highest BCUT2D eigenvalue weighted by Crippen LogP contribution is 2.18. The van der Waals surface area contributed by atoms with Crippen molar-refractivity contribution in [3.8, 4) is 11.5 Å². The Morgan fingerprint density at radius 2 is 1.77 bits per heavy atom. The normalized spacial score (nSPS) is 10.5. The lowest BCUT2D eigenvalue weighted by atomic mass is 10.2. The van der Waals surface area contributed by atoms with Gasteiger partial charge in [0.1, 0.15) is 18.1 Å². The number of ether oxygens (including phenoxy) is 2. The van der Waals surface area contributed by atoms with Gasteiger partial charge in [-0.15, -0.1) is 24.0 Å². The van der Waals surface area contributed by atoms with E-state index < -0.39 is 0 Å². The van der Waals surface area contributed by atoms with Crippen molar-refractivity contribution in [3.05, 3.63) is 72.3 Å². The monoisotopic (exact) mass is 538 g/mol. The summed E-state index contributed by atoms with van der Waals surface area (Å²) in [5, 5.41) is 9.31. The van der Waals surface area contributed by atoms with E-state index in [4.69, 9.17) is 9.47 Å². The van der Waals surface area contributed by atoms with E-state index in [1.54, 1.807) is 37.5 Å². The van der Waals surface area contributed by atoms with Gasteiger partial charge in [0.25, 0.3) is 5.91 Å². The molecule has 1 amide bonds. The van der Waals surface area contributed by atoms with Gasteiger partial charge in [-0.3, -0.25) is 4.79 Å². The zero-order valence-electron chi connectivity index (χ0n) is 18.0. The number of hydrogen-bond donors (Lipinski definition) is 3. The minimum atomic E-state index is -0.130. The Bertz CT molecular complexity index is 841. The average molecular weight is 538 g/mol. The predicted molar refractivity (Wildman–Crippen MR) is 136 cm³/mol. The Morgan fingerprint density at radius 3 is 2.45 bits per heavy atom. The molecule has 0 saturated heterocycles. The molecule has 0 unspecified atom stereocenters. The van der Waals surface area contributed by atoms with Crippen LogP contribution in [0.3, 0.4) is 0 Å². The largest absolute Gasteiger partial charge is 0.497 e. The van der Waals surface area contributed by atoms with Crippen molar-refractivity contribution in [2.24, 2.45) is 4.99 Å². The number of carbonyl (C=O) groups excluding carboxylic acids is 1. The van der Waals surface area contributed by atoms with Gasteiger partial charge in [-0.25, -0.2) is 4.99 Å². The number of nitrogens with zero attached hydrogens (tertiary/aromatic N) is 1. The van der Waals surface area contributed by atoms with Crippen LogP contribution < -0.4 is 25.4 Å². The molecular weight excluding hydrogens is 507 g/mol. The van der Waals surface area contributed by atoms with E-state index in [9.17, 15) is 4.79 Å². The molecule has 2 rings (SSSR count). The lowest BCUT2D eigenvalue weighted by molar-refractivity contribution is 0.0954. The molecule has 0 fully saturated rings. The second-order valence-corrected chi connectivity index (χ2v) is 6.31. The first-order valence-electron chi connectivity index (χ1n) is 9.94. The summed E-state index contributed by atoms with van der Waals surface area (Å²) < 4.78 is 10.8. The summed E-state index contributed by atoms with van der Waals surface area (Å²) in [6.07, 6.45) is 1.71. The Labute approximate surface area is 201 Å². The third-order valence-corrected chi connectivity index (χ3v) is 4.14. The van der Waals surface area contributed by atoms with Gasteiger partial charge in [-0.1, -0.05) is 30.9 Å². The number of halogens is 1. The maximum Gasteiger partial charge on any atom is 0.251 e. The van der Waals surface area contributed by atoms with E-state index in [1.165, 1.54) is 0 Å². The number of para-hydroxylation sites is 1. The fourth-order valence-electron chi connectivity index (χ4n) is 2.63. The summed E-state index contributed by atoms with van der Waals surface area (Å²) in [4.78, 5) is 16.8. The van der Waals surface area contributed by atoms with Crippen LogP contribution in [0.5, 0.6) is 11.5 Å². The Hall–Kier alpha value is -2.75. The highest BCUT2D eigenvalue weighted by Gasteiger charge is 2.06. The third-order valence-electron chi connectivity index (χ3n) is 4.14. The molecule has 0 aliphatic rings. The number of methoxy groups -OCH3 is 1. The van der Waals surface area contributed by atoms with Crippen molar-refractivity contribution in [2.75, 3.05) is 33.4 Å². The molecule has 0 aliphatic carbocycles. The SMILES string of the molecule is C=CCOc1ccccc1CN=C(NCC)NCCNC(=O)c1ccc(OC)cc1.I. The van der Waals surface area contributed by atoms with Crippen LogP contribution in [0.2, 0.25) is 0 Å². The second kappa shape index (κ2) is 15.1. The summed E-state index contributed by atoms with van der Waals surface area (Å²) in [6.45, 7) is 8.35. The maximum atomic E-state index is 12.2. The quantitative estimate of drug-likeness (QED) is 0.134. The molecule has 0 heterocycles. The summed E-state index contributed by atoms with van der Waals surface area (Å²) in [6, 6.07) is 14.8. The third kappa shape index (κ3) is 9.29. The number of guanidine groups is 1. The molecule has 2 aromatic rings. The van der Waals surface area contributed by atoms with Gasteiger partial charge in [-0.05, 0) is 37.3 Å². The van der Waals surface area contributed by atoms with Gasteiger partial charge in [0.15, 0.2) is 5.96 Å². The summed E-state index contributed by atoms with van der Waals surface area (Å²) in [5.41, 5.74) is 1.58. The molecule has 0 aromatic heterocycles. The molecule has 0 aliphatic heterocycles. The Kier molecular flexibility index (Phi) is 12.8. The van der Waals surface area contributed by atoms with E-state index in [1.807, 2.05) is 31.2 Å². The smallest absolute Gasteiger partial charge is 0.251 e. The van der Waals surface area contributed by atoms with Crippen LogP contribution >= 0.6 is 24.0 Å². The summed E-state index contributed by atoms with van der Waals surface area (Å²) in [5.74, 6) is 2.06. The highest BCUT2D eigenvalue weighted by atomic mass is 127. The molecule has 3 N–H and O–H groups in total. The van der Waals surface area contributed by atoms with Crippen molar-refractivity contribution in [3.63, 3.8) is 0 Å². The van der Waals surface area contributed by atoms with Crippen molar-refractivity contribution in [2.45, 2.75) is 13.5 Å². The molecule has 2 aromatic carbocycles. The molecular formula is C23H31IN4O3. The summed E-state index contributed by atoms with van der Waals surface area (Å²) >= 11 is 0. The highest BCUT2D eigenvalue weighted by molar-refractivity contribution is 14.0. The van der Waals surface area contributed by atoms with Gasteiger partial charge < -0.3 is 25.4 Å². The number of amides is 1. The van der Waals surface area contributed by atoms with E-state index in [-0.39, 0.29) is 29.9 Å². The van der Waals surface area contributed by atoms with Gasteiger partial charge >= 0.3 is 0 Å². The lowest BCUT2D eigenvalue weighted by Crippen LogP contribution is -2.41.